The number of rotatable bonds is 4. The smallest absolute Gasteiger partial charge is 0.157 e. The van der Waals surface area contributed by atoms with Gasteiger partial charge < -0.3 is 14.2 Å². The Morgan fingerprint density at radius 3 is 2.55 bits per heavy atom. The van der Waals surface area contributed by atoms with Crippen LogP contribution in [0.2, 0.25) is 0 Å². The van der Waals surface area contributed by atoms with Crippen LogP contribution >= 0.6 is 0 Å². The molecule has 4 rings (SSSR count). The van der Waals surface area contributed by atoms with Crippen LogP contribution in [0.4, 0.5) is 0 Å². The van der Waals surface area contributed by atoms with Crippen molar-refractivity contribution < 1.29 is 14.2 Å². The highest BCUT2D eigenvalue weighted by atomic mass is 16.3. The Kier molecular flexibility index (Phi) is 3.41. The fourth-order valence-corrected chi connectivity index (χ4v) is 4.50. The zero-order chi connectivity index (χ0) is 13.4. The fourth-order valence-electron chi connectivity index (χ4n) is 4.50. The van der Waals surface area contributed by atoms with Crippen LogP contribution in [0, 0.1) is 17.8 Å². The SMILES string of the molecule is C1=C[C@H]2C[C@@H]1C[C@@H]2C[NH+]1CC[NH+](Cc2ccco2)CC1. The molecule has 1 saturated carbocycles. The van der Waals surface area contributed by atoms with Crippen LogP contribution in [-0.2, 0) is 6.54 Å². The maximum absolute atomic E-state index is 5.47. The monoisotopic (exact) mass is 274 g/mol. The second-order valence-corrected chi connectivity index (χ2v) is 7.00. The van der Waals surface area contributed by atoms with E-state index in [1.165, 1.54) is 45.6 Å². The van der Waals surface area contributed by atoms with E-state index in [2.05, 4.69) is 18.2 Å². The number of allylic oxidation sites excluding steroid dienone is 2. The van der Waals surface area contributed by atoms with Crippen LogP contribution in [-0.4, -0.2) is 32.7 Å². The summed E-state index contributed by atoms with van der Waals surface area (Å²) >= 11 is 0. The molecule has 0 radical (unpaired) electrons. The summed E-state index contributed by atoms with van der Waals surface area (Å²) in [6.07, 6.45) is 9.67. The van der Waals surface area contributed by atoms with Crippen molar-refractivity contribution in [2.24, 2.45) is 17.8 Å². The lowest BCUT2D eigenvalue weighted by Crippen LogP contribution is -3.27. The Labute approximate surface area is 121 Å². The molecular weight excluding hydrogens is 248 g/mol. The number of quaternary nitrogens is 2. The zero-order valence-corrected chi connectivity index (χ0v) is 12.2. The highest BCUT2D eigenvalue weighted by Gasteiger charge is 2.38. The average molecular weight is 274 g/mol. The normalized spacial score (nSPS) is 39.5. The summed E-state index contributed by atoms with van der Waals surface area (Å²) in [7, 11) is 0. The molecule has 0 spiro atoms. The van der Waals surface area contributed by atoms with Gasteiger partial charge in [-0.3, -0.25) is 0 Å². The fraction of sp³-hybridized carbons (Fsp3) is 0.647. The summed E-state index contributed by atoms with van der Waals surface area (Å²) in [6, 6.07) is 4.10. The summed E-state index contributed by atoms with van der Waals surface area (Å²) in [5.74, 6) is 3.96. The lowest BCUT2D eigenvalue weighted by atomic mass is 9.93. The van der Waals surface area contributed by atoms with Crippen molar-refractivity contribution in [3.05, 3.63) is 36.3 Å². The van der Waals surface area contributed by atoms with E-state index in [9.17, 15) is 0 Å². The minimum Gasteiger partial charge on any atom is -0.463 e. The quantitative estimate of drug-likeness (QED) is 0.728. The van der Waals surface area contributed by atoms with Gasteiger partial charge in [0.15, 0.2) is 5.76 Å². The van der Waals surface area contributed by atoms with Crippen molar-refractivity contribution in [1.29, 1.82) is 0 Å². The van der Waals surface area contributed by atoms with Gasteiger partial charge in [-0.1, -0.05) is 12.2 Å². The van der Waals surface area contributed by atoms with Crippen molar-refractivity contribution in [1.82, 2.24) is 0 Å². The number of hydrogen-bond donors (Lipinski definition) is 2. The molecular formula is C17H26N2O+2. The third kappa shape index (κ3) is 2.57. The van der Waals surface area contributed by atoms with E-state index in [4.69, 9.17) is 4.42 Å². The minimum absolute atomic E-state index is 0.918. The Morgan fingerprint density at radius 1 is 1.05 bits per heavy atom. The van der Waals surface area contributed by atoms with E-state index >= 15 is 0 Å². The van der Waals surface area contributed by atoms with E-state index in [-0.39, 0.29) is 0 Å². The largest absolute Gasteiger partial charge is 0.463 e. The van der Waals surface area contributed by atoms with E-state index in [1.54, 1.807) is 11.2 Å². The van der Waals surface area contributed by atoms with Gasteiger partial charge in [0.05, 0.1) is 12.8 Å². The zero-order valence-electron chi connectivity index (χ0n) is 12.2. The molecule has 1 aliphatic heterocycles. The summed E-state index contributed by atoms with van der Waals surface area (Å²) in [4.78, 5) is 3.54. The van der Waals surface area contributed by atoms with Gasteiger partial charge in [0.1, 0.15) is 32.7 Å². The van der Waals surface area contributed by atoms with Crippen LogP contribution < -0.4 is 9.80 Å². The summed E-state index contributed by atoms with van der Waals surface area (Å²) in [6.45, 7) is 7.76. The molecule has 3 aliphatic rings. The van der Waals surface area contributed by atoms with Crippen molar-refractivity contribution in [3.8, 4) is 0 Å². The topological polar surface area (TPSA) is 22.0 Å². The molecule has 2 N–H and O–H groups in total. The second-order valence-electron chi connectivity index (χ2n) is 7.00. The molecule has 1 saturated heterocycles. The van der Waals surface area contributed by atoms with Crippen LogP contribution in [0.15, 0.2) is 35.0 Å². The van der Waals surface area contributed by atoms with Gasteiger partial charge in [-0.2, -0.15) is 0 Å². The molecule has 1 aromatic rings. The second kappa shape index (κ2) is 5.38. The van der Waals surface area contributed by atoms with Gasteiger partial charge in [0, 0.05) is 5.92 Å². The van der Waals surface area contributed by atoms with E-state index in [1.807, 2.05) is 11.0 Å². The molecule has 3 atom stereocenters. The van der Waals surface area contributed by atoms with Crippen LogP contribution in [0.5, 0.6) is 0 Å². The third-order valence-electron chi connectivity index (χ3n) is 5.64. The molecule has 20 heavy (non-hydrogen) atoms. The Hall–Kier alpha value is -1.06. The standard InChI is InChI=1S/C17H24N2O/c1-2-17(20-9-1)13-19-7-5-18(6-8-19)12-16-11-14-3-4-15(16)10-14/h1-4,9,14-16H,5-8,10-13H2/p+2/t14-,15+,16-/m1/s1. The molecule has 0 amide bonds. The van der Waals surface area contributed by atoms with Gasteiger partial charge in [-0.15, -0.1) is 0 Å². The number of nitrogens with one attached hydrogen (secondary N) is 2. The molecule has 0 aromatic carbocycles. The van der Waals surface area contributed by atoms with E-state index < -0.39 is 0 Å². The summed E-state index contributed by atoms with van der Waals surface area (Å²) in [5.41, 5.74) is 0. The molecule has 3 heteroatoms. The van der Waals surface area contributed by atoms with Crippen molar-refractivity contribution in [2.75, 3.05) is 32.7 Å². The molecule has 3 nitrogen and oxygen atoms in total. The Morgan fingerprint density at radius 2 is 1.90 bits per heavy atom. The maximum atomic E-state index is 5.47. The predicted octanol–water partition coefficient (Wildman–Crippen LogP) is -0.225. The third-order valence-corrected chi connectivity index (χ3v) is 5.64. The lowest BCUT2D eigenvalue weighted by Gasteiger charge is -2.32. The van der Waals surface area contributed by atoms with Gasteiger partial charge in [-0.05, 0) is 36.8 Å². The first-order valence-electron chi connectivity index (χ1n) is 8.24. The molecule has 1 aromatic heterocycles. The Bertz CT molecular complexity index is 459. The molecule has 2 heterocycles. The van der Waals surface area contributed by atoms with Crippen molar-refractivity contribution in [2.45, 2.75) is 19.4 Å². The minimum atomic E-state index is 0.918. The number of furan rings is 1. The van der Waals surface area contributed by atoms with Gasteiger partial charge in [0.25, 0.3) is 0 Å². The highest BCUT2D eigenvalue weighted by Crippen LogP contribution is 2.42. The molecule has 0 unspecified atom stereocenters. The molecule has 108 valence electrons. The first-order chi connectivity index (χ1) is 9.87. The lowest BCUT2D eigenvalue weighted by molar-refractivity contribution is -1.02. The van der Waals surface area contributed by atoms with E-state index in [0.717, 1.165) is 30.1 Å². The van der Waals surface area contributed by atoms with Crippen molar-refractivity contribution >= 4 is 0 Å². The van der Waals surface area contributed by atoms with E-state index in [0.29, 0.717) is 0 Å². The van der Waals surface area contributed by atoms with Gasteiger partial charge >= 0.3 is 0 Å². The predicted molar refractivity (Wildman–Crippen MR) is 77.5 cm³/mol. The van der Waals surface area contributed by atoms with Crippen molar-refractivity contribution in [3.63, 3.8) is 0 Å². The highest BCUT2D eigenvalue weighted by molar-refractivity contribution is 5.09. The maximum Gasteiger partial charge on any atom is 0.157 e. The molecule has 2 bridgehead atoms. The van der Waals surface area contributed by atoms with Crippen LogP contribution in [0.1, 0.15) is 18.6 Å². The molecule has 2 fully saturated rings. The number of fused-ring (bicyclic) bond motifs is 2. The van der Waals surface area contributed by atoms with Gasteiger partial charge in [-0.25, -0.2) is 0 Å². The first kappa shape index (κ1) is 12.7. The summed E-state index contributed by atoms with van der Waals surface area (Å²) < 4.78 is 5.47. The Balaban J connectivity index is 1.24. The van der Waals surface area contributed by atoms with Crippen LogP contribution in [0.3, 0.4) is 0 Å². The number of hydrogen-bond acceptors (Lipinski definition) is 1. The average Bonchev–Trinajstić information content (AvgIpc) is 3.18. The summed E-state index contributed by atoms with van der Waals surface area (Å²) in [5, 5.41) is 0. The number of piperazine rings is 1. The first-order valence-corrected chi connectivity index (χ1v) is 8.24. The van der Waals surface area contributed by atoms with Crippen LogP contribution in [0.25, 0.3) is 0 Å². The molecule has 2 aliphatic carbocycles. The van der Waals surface area contributed by atoms with Gasteiger partial charge in [0.2, 0.25) is 0 Å².